The number of hydrogen-bond acceptors (Lipinski definition) is 1. The Morgan fingerprint density at radius 3 is 2.69 bits per heavy atom. The molecule has 5 heteroatoms. The molecule has 0 aliphatic carbocycles. The average molecular weight is 232 g/mol. The molecule has 0 aromatic heterocycles. The van der Waals surface area contributed by atoms with Gasteiger partial charge in [-0.1, -0.05) is 12.1 Å². The van der Waals surface area contributed by atoms with E-state index in [2.05, 4.69) is 10.1 Å². The van der Waals surface area contributed by atoms with Gasteiger partial charge in [-0.3, -0.25) is 0 Å². The SMILES string of the molecule is C[N]CCCc1cccc(OC(F)(F)F)c1. The molecular formula is C11H13F3NO. The van der Waals surface area contributed by atoms with Crippen molar-refractivity contribution in [2.24, 2.45) is 0 Å². The van der Waals surface area contributed by atoms with Crippen molar-refractivity contribution in [3.8, 4) is 5.75 Å². The van der Waals surface area contributed by atoms with Crippen LogP contribution in [0.3, 0.4) is 0 Å². The van der Waals surface area contributed by atoms with Gasteiger partial charge in [0, 0.05) is 13.6 Å². The number of benzene rings is 1. The highest BCUT2D eigenvalue weighted by molar-refractivity contribution is 5.28. The monoisotopic (exact) mass is 232 g/mol. The summed E-state index contributed by atoms with van der Waals surface area (Å²) in [5.41, 5.74) is 0.824. The summed E-state index contributed by atoms with van der Waals surface area (Å²) >= 11 is 0. The van der Waals surface area contributed by atoms with E-state index in [-0.39, 0.29) is 5.75 Å². The van der Waals surface area contributed by atoms with Gasteiger partial charge in [-0.15, -0.1) is 13.2 Å². The molecule has 89 valence electrons. The second-order valence-corrected chi connectivity index (χ2v) is 3.34. The van der Waals surface area contributed by atoms with E-state index in [0.29, 0.717) is 13.0 Å². The van der Waals surface area contributed by atoms with E-state index in [0.717, 1.165) is 12.0 Å². The molecule has 16 heavy (non-hydrogen) atoms. The number of ether oxygens (including phenoxy) is 1. The van der Waals surface area contributed by atoms with Crippen molar-refractivity contribution >= 4 is 0 Å². The molecule has 0 spiro atoms. The van der Waals surface area contributed by atoms with Gasteiger partial charge < -0.3 is 4.74 Å². The van der Waals surface area contributed by atoms with Gasteiger partial charge in [-0.05, 0) is 30.5 Å². The Balaban J connectivity index is 2.57. The van der Waals surface area contributed by atoms with E-state index >= 15 is 0 Å². The van der Waals surface area contributed by atoms with Gasteiger partial charge >= 0.3 is 6.36 Å². The zero-order chi connectivity index (χ0) is 12.0. The lowest BCUT2D eigenvalue weighted by atomic mass is 10.1. The van der Waals surface area contributed by atoms with E-state index in [1.54, 1.807) is 19.2 Å². The van der Waals surface area contributed by atoms with Crippen LogP contribution in [0.25, 0.3) is 0 Å². The van der Waals surface area contributed by atoms with Crippen LogP contribution in [-0.4, -0.2) is 20.0 Å². The quantitative estimate of drug-likeness (QED) is 0.716. The van der Waals surface area contributed by atoms with Crippen LogP contribution in [0.1, 0.15) is 12.0 Å². The fraction of sp³-hybridized carbons (Fsp3) is 0.455. The lowest BCUT2D eigenvalue weighted by Gasteiger charge is -2.09. The maximum Gasteiger partial charge on any atom is 0.573 e. The molecule has 1 radical (unpaired) electrons. The second kappa shape index (κ2) is 5.75. The van der Waals surface area contributed by atoms with Crippen LogP contribution in [0.4, 0.5) is 13.2 Å². The molecule has 2 nitrogen and oxygen atoms in total. The van der Waals surface area contributed by atoms with Crippen LogP contribution in [0.5, 0.6) is 5.75 Å². The topological polar surface area (TPSA) is 23.3 Å². The van der Waals surface area contributed by atoms with Crippen molar-refractivity contribution in [1.29, 1.82) is 0 Å². The number of aryl methyl sites for hydroxylation is 1. The molecule has 0 amide bonds. The minimum Gasteiger partial charge on any atom is -0.406 e. The fourth-order valence-electron chi connectivity index (χ4n) is 1.34. The number of alkyl halides is 3. The molecule has 0 bridgehead atoms. The fourth-order valence-corrected chi connectivity index (χ4v) is 1.34. The molecule has 0 unspecified atom stereocenters. The Morgan fingerprint density at radius 1 is 1.31 bits per heavy atom. The van der Waals surface area contributed by atoms with E-state index in [9.17, 15) is 13.2 Å². The summed E-state index contributed by atoms with van der Waals surface area (Å²) in [6.07, 6.45) is -3.10. The van der Waals surface area contributed by atoms with Crippen LogP contribution >= 0.6 is 0 Å². The predicted octanol–water partition coefficient (Wildman–Crippen LogP) is 2.75. The third-order valence-electron chi connectivity index (χ3n) is 1.98. The normalized spacial score (nSPS) is 11.5. The average Bonchev–Trinajstić information content (AvgIpc) is 2.16. The molecule has 1 rings (SSSR count). The zero-order valence-electron chi connectivity index (χ0n) is 8.92. The third kappa shape index (κ3) is 5.02. The lowest BCUT2D eigenvalue weighted by Crippen LogP contribution is -2.17. The summed E-state index contributed by atoms with van der Waals surface area (Å²) in [6.45, 7) is 0.713. The number of nitrogens with zero attached hydrogens (tertiary/aromatic N) is 1. The molecule has 0 saturated carbocycles. The minimum absolute atomic E-state index is 0.168. The van der Waals surface area contributed by atoms with Crippen molar-refractivity contribution in [3.63, 3.8) is 0 Å². The number of hydrogen-bond donors (Lipinski definition) is 0. The van der Waals surface area contributed by atoms with Gasteiger partial charge in [0.2, 0.25) is 0 Å². The highest BCUT2D eigenvalue weighted by atomic mass is 19.4. The second-order valence-electron chi connectivity index (χ2n) is 3.34. The van der Waals surface area contributed by atoms with Crippen molar-refractivity contribution in [1.82, 2.24) is 5.32 Å². The molecule has 0 heterocycles. The smallest absolute Gasteiger partial charge is 0.406 e. The van der Waals surface area contributed by atoms with Crippen molar-refractivity contribution in [3.05, 3.63) is 29.8 Å². The lowest BCUT2D eigenvalue weighted by molar-refractivity contribution is -0.274. The molecule has 1 aromatic rings. The zero-order valence-corrected chi connectivity index (χ0v) is 8.92. The maximum absolute atomic E-state index is 11.9. The van der Waals surface area contributed by atoms with Crippen LogP contribution in [0.2, 0.25) is 0 Å². The van der Waals surface area contributed by atoms with Crippen LogP contribution in [-0.2, 0) is 6.42 Å². The first kappa shape index (κ1) is 12.8. The summed E-state index contributed by atoms with van der Waals surface area (Å²) in [4.78, 5) is 0. The van der Waals surface area contributed by atoms with Crippen LogP contribution in [0.15, 0.2) is 24.3 Å². The molecule has 0 aliphatic rings. The summed E-state index contributed by atoms with van der Waals surface area (Å²) in [5.74, 6) is -0.168. The van der Waals surface area contributed by atoms with E-state index < -0.39 is 6.36 Å². The first-order valence-corrected chi connectivity index (χ1v) is 4.91. The van der Waals surface area contributed by atoms with Gasteiger partial charge in [0.15, 0.2) is 0 Å². The summed E-state index contributed by atoms with van der Waals surface area (Å²) in [7, 11) is 1.71. The molecule has 0 aliphatic heterocycles. The van der Waals surface area contributed by atoms with Gasteiger partial charge in [0.05, 0.1) is 0 Å². The van der Waals surface area contributed by atoms with E-state index in [4.69, 9.17) is 0 Å². The van der Waals surface area contributed by atoms with Crippen molar-refractivity contribution in [2.45, 2.75) is 19.2 Å². The molecular weight excluding hydrogens is 219 g/mol. The molecule has 0 N–H and O–H groups in total. The number of halogens is 3. The first-order valence-electron chi connectivity index (χ1n) is 4.91. The standard InChI is InChI=1S/C11H13F3NO/c1-15-7-3-5-9-4-2-6-10(8-9)16-11(12,13)14/h2,4,6,8H,3,5,7H2,1H3. The predicted molar refractivity (Wildman–Crippen MR) is 54.4 cm³/mol. The Bertz CT molecular complexity index is 325. The first-order chi connectivity index (χ1) is 7.51. The Morgan fingerprint density at radius 2 is 2.06 bits per heavy atom. The van der Waals surface area contributed by atoms with Crippen LogP contribution in [0, 0.1) is 0 Å². The maximum atomic E-state index is 11.9. The van der Waals surface area contributed by atoms with Gasteiger partial charge in [0.25, 0.3) is 0 Å². The molecule has 0 atom stereocenters. The van der Waals surface area contributed by atoms with Crippen molar-refractivity contribution < 1.29 is 17.9 Å². The largest absolute Gasteiger partial charge is 0.573 e. The van der Waals surface area contributed by atoms with E-state index in [1.165, 1.54) is 12.1 Å². The minimum atomic E-state index is -4.63. The van der Waals surface area contributed by atoms with Gasteiger partial charge in [-0.2, -0.15) is 0 Å². The number of rotatable bonds is 5. The van der Waals surface area contributed by atoms with Crippen molar-refractivity contribution in [2.75, 3.05) is 13.6 Å². The van der Waals surface area contributed by atoms with Gasteiger partial charge in [0.1, 0.15) is 5.75 Å². The van der Waals surface area contributed by atoms with Gasteiger partial charge in [-0.25, -0.2) is 5.32 Å². The molecule has 1 aromatic carbocycles. The van der Waals surface area contributed by atoms with Crippen LogP contribution < -0.4 is 10.1 Å². The molecule has 0 saturated heterocycles. The highest BCUT2D eigenvalue weighted by Crippen LogP contribution is 2.23. The Kier molecular flexibility index (Phi) is 4.61. The third-order valence-corrected chi connectivity index (χ3v) is 1.98. The Hall–Kier alpha value is -1.23. The van der Waals surface area contributed by atoms with E-state index in [1.807, 2.05) is 0 Å². The summed E-state index contributed by atoms with van der Waals surface area (Å²) in [5, 5.41) is 3.92. The highest BCUT2D eigenvalue weighted by Gasteiger charge is 2.30. The summed E-state index contributed by atoms with van der Waals surface area (Å²) < 4.78 is 39.7. The molecule has 0 fully saturated rings. The summed E-state index contributed by atoms with van der Waals surface area (Å²) in [6, 6.07) is 6.03. The Labute approximate surface area is 92.4 Å².